The van der Waals surface area contributed by atoms with Crippen molar-refractivity contribution in [3.63, 3.8) is 0 Å². The molecule has 0 N–H and O–H groups in total. The van der Waals surface area contributed by atoms with Crippen molar-refractivity contribution in [1.82, 2.24) is 14.7 Å². The number of amides is 1. The highest BCUT2D eigenvalue weighted by molar-refractivity contribution is 5.87. The maximum atomic E-state index is 11.3. The maximum Gasteiger partial charge on any atom is 0.246 e. The second-order valence-electron chi connectivity index (χ2n) is 5.28. The number of fused-ring (bicyclic) bond motifs is 2. The first-order chi connectivity index (χ1) is 7.69. The number of likely N-dealkylation sites (tertiary alicyclic amines) is 3. The number of carbonyl (C=O) groups excluding carboxylic acids is 1. The Labute approximate surface area is 96.5 Å². The molecule has 88 valence electrons. The lowest BCUT2D eigenvalue weighted by atomic mass is 10.1. The summed E-state index contributed by atoms with van der Waals surface area (Å²) in [5.41, 5.74) is 0. The quantitative estimate of drug-likeness (QED) is 0.603. The van der Waals surface area contributed by atoms with Crippen LogP contribution in [0.3, 0.4) is 0 Å². The second-order valence-corrected chi connectivity index (χ2v) is 5.28. The van der Waals surface area contributed by atoms with E-state index in [4.69, 9.17) is 0 Å². The summed E-state index contributed by atoms with van der Waals surface area (Å²) in [7, 11) is 2.22. The third-order valence-corrected chi connectivity index (χ3v) is 4.37. The zero-order chi connectivity index (χ0) is 11.3. The summed E-state index contributed by atoms with van der Waals surface area (Å²) in [5, 5.41) is 0. The first-order valence-corrected chi connectivity index (χ1v) is 6.06. The lowest BCUT2D eigenvalue weighted by Gasteiger charge is -2.47. The van der Waals surface area contributed by atoms with Gasteiger partial charge in [0.25, 0.3) is 0 Å². The van der Waals surface area contributed by atoms with Gasteiger partial charge < -0.3 is 9.80 Å². The number of hydrogen-bond donors (Lipinski definition) is 0. The Kier molecular flexibility index (Phi) is 2.30. The fraction of sp³-hybridized carbons (Fsp3) is 0.750. The third kappa shape index (κ3) is 1.40. The Morgan fingerprint density at radius 3 is 2.44 bits per heavy atom. The van der Waals surface area contributed by atoms with Crippen LogP contribution < -0.4 is 0 Å². The Balaban J connectivity index is 1.55. The Bertz CT molecular complexity index is 322. The van der Waals surface area contributed by atoms with Gasteiger partial charge in [0.2, 0.25) is 5.91 Å². The molecule has 1 amide bonds. The molecule has 3 aliphatic rings. The summed E-state index contributed by atoms with van der Waals surface area (Å²) in [5.74, 6) is 0.0812. The van der Waals surface area contributed by atoms with Crippen LogP contribution in [0.4, 0.5) is 0 Å². The topological polar surface area (TPSA) is 26.8 Å². The van der Waals surface area contributed by atoms with Crippen LogP contribution in [0.15, 0.2) is 12.7 Å². The molecule has 0 saturated carbocycles. The largest absolute Gasteiger partial charge is 0.336 e. The molecule has 3 aliphatic heterocycles. The van der Waals surface area contributed by atoms with E-state index < -0.39 is 0 Å². The minimum Gasteiger partial charge on any atom is -0.336 e. The number of likely N-dealkylation sites (N-methyl/N-ethyl adjacent to an activating group) is 1. The highest BCUT2D eigenvalue weighted by Gasteiger charge is 2.47. The molecule has 2 bridgehead atoms. The fourth-order valence-electron chi connectivity index (χ4n) is 3.32. The van der Waals surface area contributed by atoms with E-state index in [1.807, 2.05) is 4.90 Å². The Hall–Kier alpha value is -0.870. The van der Waals surface area contributed by atoms with Crippen molar-refractivity contribution in [2.24, 2.45) is 0 Å². The minimum absolute atomic E-state index is 0.0812. The van der Waals surface area contributed by atoms with Crippen molar-refractivity contribution >= 4 is 5.91 Å². The van der Waals surface area contributed by atoms with Gasteiger partial charge in [0.15, 0.2) is 0 Å². The summed E-state index contributed by atoms with van der Waals surface area (Å²) in [6.07, 6.45) is 2.74. The molecule has 3 rings (SSSR count). The number of piperazine rings is 1. The van der Waals surface area contributed by atoms with Gasteiger partial charge in [-0.05, 0) is 19.5 Å². The smallest absolute Gasteiger partial charge is 0.246 e. The predicted octanol–water partition coefficient (Wildman–Crippen LogP) is -0.228. The first kappa shape index (κ1) is 10.3. The van der Waals surface area contributed by atoms with Gasteiger partial charge in [0.1, 0.15) is 0 Å². The van der Waals surface area contributed by atoms with E-state index in [0.29, 0.717) is 6.04 Å². The first-order valence-electron chi connectivity index (χ1n) is 6.06. The van der Waals surface area contributed by atoms with Crippen molar-refractivity contribution in [2.45, 2.75) is 24.5 Å². The standard InChI is InChI=1S/C12H19N3O/c1-3-12(16)14-6-11(7-14)15-8-9-4-10(15)5-13(9)2/h3,9-11H,1,4-8H2,2H3/t9-,10-/m0/s1. The van der Waals surface area contributed by atoms with Gasteiger partial charge in [-0.3, -0.25) is 9.69 Å². The molecule has 0 aromatic rings. The third-order valence-electron chi connectivity index (χ3n) is 4.37. The highest BCUT2D eigenvalue weighted by Crippen LogP contribution is 2.33. The van der Waals surface area contributed by atoms with E-state index in [2.05, 4.69) is 23.4 Å². The molecule has 0 aliphatic carbocycles. The van der Waals surface area contributed by atoms with Gasteiger partial charge in [0, 0.05) is 44.3 Å². The molecule has 2 atom stereocenters. The van der Waals surface area contributed by atoms with Crippen molar-refractivity contribution in [1.29, 1.82) is 0 Å². The maximum absolute atomic E-state index is 11.3. The summed E-state index contributed by atoms with van der Waals surface area (Å²) in [6, 6.07) is 2.10. The van der Waals surface area contributed by atoms with Crippen LogP contribution in [0, 0.1) is 0 Å². The van der Waals surface area contributed by atoms with Crippen LogP contribution in [0.5, 0.6) is 0 Å². The molecule has 0 unspecified atom stereocenters. The molecular formula is C12H19N3O. The highest BCUT2D eigenvalue weighted by atomic mass is 16.2. The van der Waals surface area contributed by atoms with E-state index in [1.54, 1.807) is 0 Å². The van der Waals surface area contributed by atoms with Crippen LogP contribution in [0.1, 0.15) is 6.42 Å². The van der Waals surface area contributed by atoms with Crippen LogP contribution in [0.2, 0.25) is 0 Å². The van der Waals surface area contributed by atoms with E-state index in [-0.39, 0.29) is 5.91 Å². The average Bonchev–Trinajstić information content (AvgIpc) is 2.74. The van der Waals surface area contributed by atoms with E-state index in [0.717, 1.165) is 25.2 Å². The Morgan fingerprint density at radius 2 is 1.94 bits per heavy atom. The normalized spacial score (nSPS) is 35.4. The number of nitrogens with zero attached hydrogens (tertiary/aromatic N) is 3. The van der Waals surface area contributed by atoms with Gasteiger partial charge in [-0.25, -0.2) is 0 Å². The van der Waals surface area contributed by atoms with Crippen molar-refractivity contribution in [3.05, 3.63) is 12.7 Å². The molecule has 0 aromatic heterocycles. The lowest BCUT2D eigenvalue weighted by Crippen LogP contribution is -2.63. The number of carbonyl (C=O) groups is 1. The number of rotatable bonds is 2. The fourth-order valence-corrected chi connectivity index (χ4v) is 3.32. The number of hydrogen-bond acceptors (Lipinski definition) is 3. The van der Waals surface area contributed by atoms with Crippen LogP contribution in [-0.4, -0.2) is 72.0 Å². The molecule has 0 aromatic carbocycles. The van der Waals surface area contributed by atoms with Crippen molar-refractivity contribution < 1.29 is 4.79 Å². The molecule has 0 spiro atoms. The van der Waals surface area contributed by atoms with Gasteiger partial charge in [-0.15, -0.1) is 0 Å². The van der Waals surface area contributed by atoms with Gasteiger partial charge in [-0.1, -0.05) is 6.58 Å². The summed E-state index contributed by atoms with van der Waals surface area (Å²) < 4.78 is 0. The van der Waals surface area contributed by atoms with E-state index in [1.165, 1.54) is 25.6 Å². The van der Waals surface area contributed by atoms with Crippen molar-refractivity contribution in [2.75, 3.05) is 33.2 Å². The van der Waals surface area contributed by atoms with Gasteiger partial charge in [-0.2, -0.15) is 0 Å². The molecule has 3 fully saturated rings. The van der Waals surface area contributed by atoms with Crippen molar-refractivity contribution in [3.8, 4) is 0 Å². The summed E-state index contributed by atoms with van der Waals surface area (Å²) in [4.78, 5) is 18.3. The monoisotopic (exact) mass is 221 g/mol. The van der Waals surface area contributed by atoms with E-state index in [9.17, 15) is 4.79 Å². The predicted molar refractivity (Wildman–Crippen MR) is 62.1 cm³/mol. The SMILES string of the molecule is C=CC(=O)N1CC(N2C[C@@H]3C[C@H]2CN3C)C1. The average molecular weight is 221 g/mol. The van der Waals surface area contributed by atoms with Crippen LogP contribution >= 0.6 is 0 Å². The van der Waals surface area contributed by atoms with E-state index >= 15 is 0 Å². The molecule has 3 saturated heterocycles. The molecule has 16 heavy (non-hydrogen) atoms. The minimum atomic E-state index is 0.0812. The van der Waals surface area contributed by atoms with Gasteiger partial charge >= 0.3 is 0 Å². The zero-order valence-corrected chi connectivity index (χ0v) is 9.80. The van der Waals surface area contributed by atoms with Gasteiger partial charge in [0.05, 0.1) is 0 Å². The lowest BCUT2D eigenvalue weighted by molar-refractivity contribution is -0.134. The molecule has 4 nitrogen and oxygen atoms in total. The van der Waals surface area contributed by atoms with Crippen LogP contribution in [-0.2, 0) is 4.79 Å². The Morgan fingerprint density at radius 1 is 1.19 bits per heavy atom. The summed E-state index contributed by atoms with van der Waals surface area (Å²) >= 11 is 0. The van der Waals surface area contributed by atoms with Crippen LogP contribution in [0.25, 0.3) is 0 Å². The summed E-state index contributed by atoms with van der Waals surface area (Å²) in [6.45, 7) is 7.73. The molecular weight excluding hydrogens is 202 g/mol. The molecule has 3 heterocycles. The molecule has 0 radical (unpaired) electrons. The molecule has 4 heteroatoms. The zero-order valence-electron chi connectivity index (χ0n) is 9.80. The second kappa shape index (κ2) is 3.57.